The number of hydrogen-bond acceptors (Lipinski definition) is 3. The molecule has 0 N–H and O–H groups in total. The van der Waals surface area contributed by atoms with Gasteiger partial charge in [-0.25, -0.2) is 0 Å². The van der Waals surface area contributed by atoms with Gasteiger partial charge in [-0.15, -0.1) is 0 Å². The molecule has 0 spiro atoms. The van der Waals surface area contributed by atoms with Crippen LogP contribution in [0.3, 0.4) is 0 Å². The normalized spacial score (nSPS) is 14.3. The molecule has 1 aliphatic rings. The highest BCUT2D eigenvalue weighted by Crippen LogP contribution is 2.25. The molecule has 0 saturated carbocycles. The number of unbranched alkanes of at least 4 members (excludes halogenated alkanes) is 1. The number of benzene rings is 1. The van der Waals surface area contributed by atoms with E-state index in [0.29, 0.717) is 19.6 Å². The van der Waals surface area contributed by atoms with Crippen LogP contribution in [0.5, 0.6) is 5.75 Å². The fourth-order valence-electron chi connectivity index (χ4n) is 2.28. The Labute approximate surface area is 114 Å². The molecular weight excluding hydrogens is 240 g/mol. The van der Waals surface area contributed by atoms with Crippen molar-refractivity contribution in [2.45, 2.75) is 39.0 Å². The van der Waals surface area contributed by atoms with Crippen molar-refractivity contribution < 1.29 is 14.3 Å². The third-order valence-corrected chi connectivity index (χ3v) is 3.37. The number of rotatable bonds is 7. The summed E-state index contributed by atoms with van der Waals surface area (Å²) in [6, 6.07) is 5.77. The van der Waals surface area contributed by atoms with Gasteiger partial charge in [0, 0.05) is 18.6 Å². The molecule has 0 bridgehead atoms. The average Bonchev–Trinajstić information content (AvgIpc) is 2.43. The smallest absolute Gasteiger partial charge is 0.163 e. The molecule has 0 atom stereocenters. The molecule has 1 aromatic carbocycles. The zero-order valence-corrected chi connectivity index (χ0v) is 11.6. The molecule has 1 aliphatic carbocycles. The molecule has 3 nitrogen and oxygen atoms in total. The predicted molar refractivity (Wildman–Crippen MR) is 74.9 cm³/mol. The Hall–Kier alpha value is -1.35. The zero-order chi connectivity index (χ0) is 13.5. The van der Waals surface area contributed by atoms with E-state index in [-0.39, 0.29) is 5.78 Å². The molecule has 0 unspecified atom stereocenters. The standard InChI is InChI=1S/C16H22O3/c1-2-3-9-18-10-11-19-14-7-8-15-13(12-14)5-4-6-16(15)17/h7-8,12H,2-6,9-11H2,1H3. The summed E-state index contributed by atoms with van der Waals surface area (Å²) in [4.78, 5) is 11.7. The average molecular weight is 262 g/mol. The van der Waals surface area contributed by atoms with E-state index in [1.165, 1.54) is 0 Å². The van der Waals surface area contributed by atoms with Crippen molar-refractivity contribution in [3.05, 3.63) is 29.3 Å². The molecule has 1 aromatic rings. The van der Waals surface area contributed by atoms with Gasteiger partial charge in [-0.3, -0.25) is 4.79 Å². The number of carbonyl (C=O) groups is 1. The summed E-state index contributed by atoms with van der Waals surface area (Å²) >= 11 is 0. The number of ether oxygens (including phenoxy) is 2. The first-order valence-corrected chi connectivity index (χ1v) is 7.18. The van der Waals surface area contributed by atoms with E-state index in [1.807, 2.05) is 18.2 Å². The van der Waals surface area contributed by atoms with Crippen LogP contribution in [-0.4, -0.2) is 25.6 Å². The SMILES string of the molecule is CCCCOCCOc1ccc2c(c1)CCCC2=O. The fraction of sp³-hybridized carbons (Fsp3) is 0.562. The van der Waals surface area contributed by atoms with Gasteiger partial charge in [0.25, 0.3) is 0 Å². The van der Waals surface area contributed by atoms with Crippen molar-refractivity contribution in [3.63, 3.8) is 0 Å². The van der Waals surface area contributed by atoms with Gasteiger partial charge in [-0.2, -0.15) is 0 Å². The zero-order valence-electron chi connectivity index (χ0n) is 11.6. The molecular formula is C16H22O3. The highest BCUT2D eigenvalue weighted by molar-refractivity contribution is 5.98. The van der Waals surface area contributed by atoms with Crippen molar-refractivity contribution in [3.8, 4) is 5.75 Å². The second-order valence-electron chi connectivity index (χ2n) is 4.91. The fourth-order valence-corrected chi connectivity index (χ4v) is 2.28. The third-order valence-electron chi connectivity index (χ3n) is 3.37. The van der Waals surface area contributed by atoms with Crippen LogP contribution in [0.15, 0.2) is 18.2 Å². The number of hydrogen-bond donors (Lipinski definition) is 0. The molecule has 2 rings (SSSR count). The Kier molecular flexibility index (Phi) is 5.40. The van der Waals surface area contributed by atoms with Crippen molar-refractivity contribution >= 4 is 5.78 Å². The van der Waals surface area contributed by atoms with Crippen molar-refractivity contribution in [1.82, 2.24) is 0 Å². The van der Waals surface area contributed by atoms with Crippen LogP contribution < -0.4 is 4.74 Å². The lowest BCUT2D eigenvalue weighted by atomic mass is 9.91. The molecule has 0 aromatic heterocycles. The highest BCUT2D eigenvalue weighted by atomic mass is 16.5. The maximum absolute atomic E-state index is 11.7. The second-order valence-corrected chi connectivity index (χ2v) is 4.91. The first kappa shape index (κ1) is 14.1. The van der Waals surface area contributed by atoms with Crippen molar-refractivity contribution in [1.29, 1.82) is 0 Å². The molecule has 0 heterocycles. The van der Waals surface area contributed by atoms with Crippen molar-refractivity contribution in [2.75, 3.05) is 19.8 Å². The number of aryl methyl sites for hydroxylation is 1. The summed E-state index contributed by atoms with van der Waals surface area (Å²) in [6.45, 7) is 4.14. The Morgan fingerprint density at radius 1 is 1.16 bits per heavy atom. The lowest BCUT2D eigenvalue weighted by Gasteiger charge is -2.16. The minimum atomic E-state index is 0.260. The van der Waals surface area contributed by atoms with E-state index in [4.69, 9.17) is 9.47 Å². The van der Waals surface area contributed by atoms with Crippen LogP contribution in [0.4, 0.5) is 0 Å². The molecule has 0 amide bonds. The van der Waals surface area contributed by atoms with Gasteiger partial charge in [0.05, 0.1) is 6.61 Å². The van der Waals surface area contributed by atoms with Gasteiger partial charge >= 0.3 is 0 Å². The second kappa shape index (κ2) is 7.29. The third kappa shape index (κ3) is 4.06. The summed E-state index contributed by atoms with van der Waals surface area (Å²) in [6.07, 6.45) is 4.86. The molecule has 19 heavy (non-hydrogen) atoms. The van der Waals surface area contributed by atoms with E-state index in [9.17, 15) is 4.79 Å². The predicted octanol–water partition coefficient (Wildman–Crippen LogP) is 3.40. The van der Waals surface area contributed by atoms with Crippen molar-refractivity contribution in [2.24, 2.45) is 0 Å². The number of carbonyl (C=O) groups excluding carboxylic acids is 1. The van der Waals surface area contributed by atoms with Gasteiger partial charge in [0.1, 0.15) is 12.4 Å². The minimum absolute atomic E-state index is 0.260. The summed E-state index contributed by atoms with van der Waals surface area (Å²) in [5, 5.41) is 0. The number of Topliss-reactive ketones (excluding diaryl/α,β-unsaturated/α-hetero) is 1. The van der Waals surface area contributed by atoms with Crippen LogP contribution >= 0.6 is 0 Å². The Morgan fingerprint density at radius 3 is 2.89 bits per heavy atom. The van der Waals surface area contributed by atoms with Crippen LogP contribution in [0, 0.1) is 0 Å². The van der Waals surface area contributed by atoms with Gasteiger partial charge in [0.2, 0.25) is 0 Å². The van der Waals surface area contributed by atoms with E-state index in [0.717, 1.165) is 49.2 Å². The quantitative estimate of drug-likeness (QED) is 0.706. The summed E-state index contributed by atoms with van der Waals surface area (Å²) in [7, 11) is 0. The summed E-state index contributed by atoms with van der Waals surface area (Å²) in [5.74, 6) is 1.10. The number of ketones is 1. The summed E-state index contributed by atoms with van der Waals surface area (Å²) < 4.78 is 11.1. The molecule has 0 radical (unpaired) electrons. The highest BCUT2D eigenvalue weighted by Gasteiger charge is 2.17. The number of fused-ring (bicyclic) bond motifs is 1. The maximum atomic E-state index is 11.7. The Bertz CT molecular complexity index is 426. The molecule has 104 valence electrons. The first-order chi connectivity index (χ1) is 9.31. The van der Waals surface area contributed by atoms with Gasteiger partial charge in [0.15, 0.2) is 5.78 Å². The van der Waals surface area contributed by atoms with Gasteiger partial charge in [-0.05, 0) is 43.0 Å². The van der Waals surface area contributed by atoms with Gasteiger partial charge in [-0.1, -0.05) is 13.3 Å². The topological polar surface area (TPSA) is 35.5 Å². The van der Waals surface area contributed by atoms with Gasteiger partial charge < -0.3 is 9.47 Å². The van der Waals surface area contributed by atoms with Crippen LogP contribution in [0.2, 0.25) is 0 Å². The minimum Gasteiger partial charge on any atom is -0.491 e. The molecule has 0 aliphatic heterocycles. The van der Waals surface area contributed by atoms with E-state index in [2.05, 4.69) is 6.92 Å². The maximum Gasteiger partial charge on any atom is 0.163 e. The van der Waals surface area contributed by atoms with E-state index in [1.54, 1.807) is 0 Å². The largest absolute Gasteiger partial charge is 0.491 e. The Morgan fingerprint density at radius 2 is 2.05 bits per heavy atom. The Balaban J connectivity index is 1.80. The van der Waals surface area contributed by atoms with Crippen LogP contribution in [-0.2, 0) is 11.2 Å². The first-order valence-electron chi connectivity index (χ1n) is 7.18. The lowest BCUT2D eigenvalue weighted by Crippen LogP contribution is -2.12. The van der Waals surface area contributed by atoms with Crippen LogP contribution in [0.1, 0.15) is 48.5 Å². The monoisotopic (exact) mass is 262 g/mol. The molecule has 0 fully saturated rings. The van der Waals surface area contributed by atoms with Crippen LogP contribution in [0.25, 0.3) is 0 Å². The lowest BCUT2D eigenvalue weighted by molar-refractivity contribution is 0.0966. The summed E-state index contributed by atoms with van der Waals surface area (Å²) in [5.41, 5.74) is 2.00. The molecule has 3 heteroatoms. The van der Waals surface area contributed by atoms with E-state index >= 15 is 0 Å². The molecule has 0 saturated heterocycles. The van der Waals surface area contributed by atoms with E-state index < -0.39 is 0 Å².